The molecule has 0 saturated carbocycles. The summed E-state index contributed by atoms with van der Waals surface area (Å²) < 4.78 is 5.46. The van der Waals surface area contributed by atoms with E-state index in [1.54, 1.807) is 0 Å². The lowest BCUT2D eigenvalue weighted by molar-refractivity contribution is -0.124. The fourth-order valence-corrected chi connectivity index (χ4v) is 3.54. The van der Waals surface area contributed by atoms with E-state index < -0.39 is 6.04 Å². The molecule has 2 atom stereocenters. The molecular formula is C22H36N4O3. The van der Waals surface area contributed by atoms with Crippen LogP contribution in [-0.4, -0.2) is 61.8 Å². The molecule has 1 aliphatic rings. The SMILES string of the molecule is CC(C)CC(CNC(=O)C(NC(=O)Nc1ccccc1)C(C)C)N1CCOCC1. The quantitative estimate of drug-likeness (QED) is 0.591. The molecule has 162 valence electrons. The van der Waals surface area contributed by atoms with Crippen molar-refractivity contribution in [3.8, 4) is 0 Å². The molecule has 0 aliphatic carbocycles. The van der Waals surface area contributed by atoms with E-state index in [1.165, 1.54) is 0 Å². The van der Waals surface area contributed by atoms with Crippen molar-refractivity contribution in [1.29, 1.82) is 0 Å². The van der Waals surface area contributed by atoms with Crippen LogP contribution in [0.1, 0.15) is 34.1 Å². The van der Waals surface area contributed by atoms with Crippen LogP contribution in [0.15, 0.2) is 30.3 Å². The van der Waals surface area contributed by atoms with Crippen molar-refractivity contribution in [1.82, 2.24) is 15.5 Å². The van der Waals surface area contributed by atoms with E-state index in [1.807, 2.05) is 44.2 Å². The van der Waals surface area contributed by atoms with Crippen LogP contribution in [0, 0.1) is 11.8 Å². The molecule has 1 aromatic rings. The van der Waals surface area contributed by atoms with E-state index in [0.29, 0.717) is 18.2 Å². The Hall–Kier alpha value is -2.12. The van der Waals surface area contributed by atoms with E-state index in [0.717, 1.165) is 32.7 Å². The van der Waals surface area contributed by atoms with Gasteiger partial charge in [0.05, 0.1) is 13.2 Å². The van der Waals surface area contributed by atoms with Gasteiger partial charge in [0.1, 0.15) is 6.04 Å². The Labute approximate surface area is 174 Å². The van der Waals surface area contributed by atoms with Crippen LogP contribution in [0.25, 0.3) is 0 Å². The third-order valence-corrected chi connectivity index (χ3v) is 5.08. The lowest BCUT2D eigenvalue weighted by Crippen LogP contribution is -2.54. The maximum atomic E-state index is 12.8. The average Bonchev–Trinajstić information content (AvgIpc) is 2.70. The number of anilines is 1. The summed E-state index contributed by atoms with van der Waals surface area (Å²) in [5.41, 5.74) is 0.692. The second-order valence-electron chi connectivity index (χ2n) is 8.36. The summed E-state index contributed by atoms with van der Waals surface area (Å²) in [6, 6.07) is 8.50. The molecular weight excluding hydrogens is 368 g/mol. The predicted molar refractivity (Wildman–Crippen MR) is 116 cm³/mol. The second-order valence-corrected chi connectivity index (χ2v) is 8.36. The maximum Gasteiger partial charge on any atom is 0.319 e. The Morgan fingerprint density at radius 2 is 1.72 bits per heavy atom. The van der Waals surface area contributed by atoms with Gasteiger partial charge in [-0.1, -0.05) is 45.9 Å². The van der Waals surface area contributed by atoms with E-state index in [2.05, 4.69) is 34.7 Å². The molecule has 29 heavy (non-hydrogen) atoms. The molecule has 1 aliphatic heterocycles. The predicted octanol–water partition coefficient (Wildman–Crippen LogP) is 2.70. The number of urea groups is 1. The topological polar surface area (TPSA) is 82.7 Å². The molecule has 7 heteroatoms. The Kier molecular flexibility index (Phi) is 9.41. The van der Waals surface area contributed by atoms with Gasteiger partial charge in [-0.15, -0.1) is 0 Å². The van der Waals surface area contributed by atoms with Crippen molar-refractivity contribution in [2.45, 2.75) is 46.2 Å². The van der Waals surface area contributed by atoms with Gasteiger partial charge in [-0.25, -0.2) is 4.79 Å². The highest BCUT2D eigenvalue weighted by Crippen LogP contribution is 2.13. The molecule has 2 unspecified atom stereocenters. The highest BCUT2D eigenvalue weighted by atomic mass is 16.5. The highest BCUT2D eigenvalue weighted by Gasteiger charge is 2.27. The summed E-state index contributed by atoms with van der Waals surface area (Å²) in [6.07, 6.45) is 1.01. The van der Waals surface area contributed by atoms with Crippen molar-refractivity contribution >= 4 is 17.6 Å². The zero-order valence-corrected chi connectivity index (χ0v) is 18.1. The van der Waals surface area contributed by atoms with Gasteiger partial charge in [-0.2, -0.15) is 0 Å². The number of benzene rings is 1. The van der Waals surface area contributed by atoms with Crippen molar-refractivity contribution in [2.24, 2.45) is 11.8 Å². The molecule has 7 nitrogen and oxygen atoms in total. The van der Waals surface area contributed by atoms with E-state index in [9.17, 15) is 9.59 Å². The molecule has 3 amide bonds. The molecule has 1 heterocycles. The van der Waals surface area contributed by atoms with Crippen LogP contribution in [0.5, 0.6) is 0 Å². The summed E-state index contributed by atoms with van der Waals surface area (Å²) in [7, 11) is 0. The molecule has 0 aromatic heterocycles. The van der Waals surface area contributed by atoms with E-state index in [4.69, 9.17) is 4.74 Å². The number of carbonyl (C=O) groups is 2. The minimum atomic E-state index is -0.594. The Morgan fingerprint density at radius 1 is 1.07 bits per heavy atom. The molecule has 1 fully saturated rings. The van der Waals surface area contributed by atoms with Gasteiger partial charge in [0.2, 0.25) is 5.91 Å². The van der Waals surface area contributed by atoms with Gasteiger partial charge < -0.3 is 20.7 Å². The maximum absolute atomic E-state index is 12.8. The largest absolute Gasteiger partial charge is 0.379 e. The normalized spacial score (nSPS) is 17.0. The molecule has 1 saturated heterocycles. The van der Waals surface area contributed by atoms with Crippen LogP contribution in [0.3, 0.4) is 0 Å². The standard InChI is InChI=1S/C22H36N4O3/c1-16(2)14-19(26-10-12-29-13-11-26)15-23-21(27)20(17(3)4)25-22(28)24-18-8-6-5-7-9-18/h5-9,16-17,19-20H,10-15H2,1-4H3,(H,23,27)(H2,24,25,28). The minimum absolute atomic E-state index is 0.0246. The second kappa shape index (κ2) is 11.8. The fraction of sp³-hybridized carbons (Fsp3) is 0.636. The van der Waals surface area contributed by atoms with E-state index >= 15 is 0 Å². The first kappa shape index (κ1) is 23.2. The van der Waals surface area contributed by atoms with Crippen molar-refractivity contribution in [2.75, 3.05) is 38.2 Å². The first-order chi connectivity index (χ1) is 13.9. The number of nitrogens with one attached hydrogen (secondary N) is 3. The van der Waals surface area contributed by atoms with Gasteiger partial charge in [0.15, 0.2) is 0 Å². The summed E-state index contributed by atoms with van der Waals surface area (Å²) in [5, 5.41) is 8.66. The number of ether oxygens (including phenoxy) is 1. The van der Waals surface area contributed by atoms with Gasteiger partial charge in [-0.3, -0.25) is 9.69 Å². The Morgan fingerprint density at radius 3 is 2.31 bits per heavy atom. The lowest BCUT2D eigenvalue weighted by atomic mass is 10.0. The van der Waals surface area contributed by atoms with Crippen molar-refractivity contribution in [3.63, 3.8) is 0 Å². The van der Waals surface area contributed by atoms with Crippen LogP contribution >= 0.6 is 0 Å². The monoisotopic (exact) mass is 404 g/mol. The first-order valence-electron chi connectivity index (χ1n) is 10.6. The van der Waals surface area contributed by atoms with Crippen molar-refractivity contribution < 1.29 is 14.3 Å². The summed E-state index contributed by atoms with van der Waals surface area (Å²) in [6.45, 7) is 12.1. The average molecular weight is 405 g/mol. The number of nitrogens with zero attached hydrogens (tertiary/aromatic N) is 1. The zero-order chi connectivity index (χ0) is 21.2. The third-order valence-electron chi connectivity index (χ3n) is 5.08. The first-order valence-corrected chi connectivity index (χ1v) is 10.6. The number of para-hydroxylation sites is 1. The van der Waals surface area contributed by atoms with Crippen molar-refractivity contribution in [3.05, 3.63) is 30.3 Å². The molecule has 0 radical (unpaired) electrons. The summed E-state index contributed by atoms with van der Waals surface area (Å²) in [4.78, 5) is 27.6. The van der Waals surface area contributed by atoms with E-state index in [-0.39, 0.29) is 23.9 Å². The third kappa shape index (κ3) is 8.03. The Bertz CT molecular complexity index is 630. The van der Waals surface area contributed by atoms with Gasteiger partial charge in [0.25, 0.3) is 0 Å². The lowest BCUT2D eigenvalue weighted by Gasteiger charge is -2.36. The number of amides is 3. The fourth-order valence-electron chi connectivity index (χ4n) is 3.54. The number of morpholine rings is 1. The minimum Gasteiger partial charge on any atom is -0.379 e. The number of hydrogen-bond acceptors (Lipinski definition) is 4. The van der Waals surface area contributed by atoms with Gasteiger partial charge >= 0.3 is 6.03 Å². The van der Waals surface area contributed by atoms with Gasteiger partial charge in [0, 0.05) is 31.4 Å². The smallest absolute Gasteiger partial charge is 0.319 e. The zero-order valence-electron chi connectivity index (χ0n) is 18.1. The van der Waals surface area contributed by atoms with Crippen LogP contribution in [0.2, 0.25) is 0 Å². The molecule has 3 N–H and O–H groups in total. The summed E-state index contributed by atoms with van der Waals surface area (Å²) >= 11 is 0. The molecule has 0 bridgehead atoms. The number of rotatable bonds is 9. The number of carbonyl (C=O) groups excluding carboxylic acids is 2. The molecule has 1 aromatic carbocycles. The number of hydrogen-bond donors (Lipinski definition) is 3. The summed E-state index contributed by atoms with van der Waals surface area (Å²) in [5.74, 6) is 0.365. The van der Waals surface area contributed by atoms with Crippen LogP contribution < -0.4 is 16.0 Å². The van der Waals surface area contributed by atoms with Gasteiger partial charge in [-0.05, 0) is 30.4 Å². The molecule has 2 rings (SSSR count). The van der Waals surface area contributed by atoms with Crippen LogP contribution in [-0.2, 0) is 9.53 Å². The van der Waals surface area contributed by atoms with Crippen LogP contribution in [0.4, 0.5) is 10.5 Å². The Balaban J connectivity index is 1.91. The highest BCUT2D eigenvalue weighted by molar-refractivity contribution is 5.93. The molecule has 0 spiro atoms.